The fourth-order valence-electron chi connectivity index (χ4n) is 4.18. The minimum Gasteiger partial charge on any atom is -0.310 e. The summed E-state index contributed by atoms with van der Waals surface area (Å²) in [6.45, 7) is 3.35. The van der Waals surface area contributed by atoms with Crippen LogP contribution in [0.4, 0.5) is 0 Å². The lowest BCUT2D eigenvalue weighted by Crippen LogP contribution is -2.29. The van der Waals surface area contributed by atoms with Crippen LogP contribution in [-0.2, 0) is 0 Å². The minimum atomic E-state index is 0.346. The first-order valence-electron chi connectivity index (χ1n) is 7.85. The van der Waals surface area contributed by atoms with Crippen LogP contribution in [0.15, 0.2) is 18.2 Å². The van der Waals surface area contributed by atoms with Crippen molar-refractivity contribution in [3.8, 4) is 0 Å². The highest BCUT2D eigenvalue weighted by molar-refractivity contribution is 6.35. The monoisotopic (exact) mass is 311 g/mol. The van der Waals surface area contributed by atoms with E-state index in [4.69, 9.17) is 23.2 Å². The van der Waals surface area contributed by atoms with Crippen molar-refractivity contribution in [3.05, 3.63) is 33.8 Å². The molecule has 0 heterocycles. The lowest BCUT2D eigenvalue weighted by atomic mass is 9.88. The van der Waals surface area contributed by atoms with Crippen LogP contribution in [0, 0.1) is 17.8 Å². The maximum Gasteiger partial charge on any atom is 0.0468 e. The molecular formula is C17H23Cl2N. The molecule has 1 aromatic rings. The van der Waals surface area contributed by atoms with Crippen LogP contribution < -0.4 is 5.32 Å². The molecule has 1 nitrogen and oxygen atoms in total. The standard InChI is InChI=1S/C17H23Cl2N/c1-2-17(15-6-5-14(18)9-16(15)19)20-10-13-8-11-3-4-12(13)7-11/h5-6,9,11-13,17,20H,2-4,7-8,10H2,1H3. The molecule has 3 rings (SSSR count). The zero-order chi connectivity index (χ0) is 14.1. The van der Waals surface area contributed by atoms with Gasteiger partial charge in [0.1, 0.15) is 0 Å². The lowest BCUT2D eigenvalue weighted by Gasteiger charge is -2.26. The molecule has 3 heteroatoms. The maximum atomic E-state index is 6.34. The summed E-state index contributed by atoms with van der Waals surface area (Å²) < 4.78 is 0. The van der Waals surface area contributed by atoms with Gasteiger partial charge in [0.05, 0.1) is 0 Å². The third-order valence-corrected chi connectivity index (χ3v) is 5.82. The Balaban J connectivity index is 1.62. The zero-order valence-electron chi connectivity index (χ0n) is 12.0. The molecular weight excluding hydrogens is 289 g/mol. The van der Waals surface area contributed by atoms with Crippen LogP contribution in [0.5, 0.6) is 0 Å². The van der Waals surface area contributed by atoms with Crippen molar-refractivity contribution in [2.45, 2.75) is 45.1 Å². The second-order valence-corrected chi connectivity index (χ2v) is 7.31. The largest absolute Gasteiger partial charge is 0.310 e. The number of hydrogen-bond donors (Lipinski definition) is 1. The van der Waals surface area contributed by atoms with Crippen LogP contribution in [0.25, 0.3) is 0 Å². The first-order valence-corrected chi connectivity index (χ1v) is 8.61. The van der Waals surface area contributed by atoms with Gasteiger partial charge in [-0.25, -0.2) is 0 Å². The molecule has 110 valence electrons. The van der Waals surface area contributed by atoms with Crippen LogP contribution in [-0.4, -0.2) is 6.54 Å². The summed E-state index contributed by atoms with van der Waals surface area (Å²) in [4.78, 5) is 0. The van der Waals surface area contributed by atoms with Crippen molar-refractivity contribution in [2.24, 2.45) is 17.8 Å². The van der Waals surface area contributed by atoms with Crippen LogP contribution in [0.2, 0.25) is 10.0 Å². The molecule has 2 aliphatic carbocycles. The van der Waals surface area contributed by atoms with Gasteiger partial charge in [0, 0.05) is 16.1 Å². The predicted molar refractivity (Wildman–Crippen MR) is 86.4 cm³/mol. The molecule has 0 aliphatic heterocycles. The van der Waals surface area contributed by atoms with Crippen molar-refractivity contribution in [2.75, 3.05) is 6.54 Å². The smallest absolute Gasteiger partial charge is 0.0468 e. The number of benzene rings is 1. The Labute approximate surface area is 132 Å². The van der Waals surface area contributed by atoms with Gasteiger partial charge >= 0.3 is 0 Å². The third kappa shape index (κ3) is 3.00. The van der Waals surface area contributed by atoms with Crippen molar-refractivity contribution < 1.29 is 0 Å². The summed E-state index contributed by atoms with van der Waals surface area (Å²) in [5, 5.41) is 5.24. The number of rotatable bonds is 5. The van der Waals surface area contributed by atoms with Crippen molar-refractivity contribution in [1.82, 2.24) is 5.32 Å². The molecule has 4 unspecified atom stereocenters. The maximum absolute atomic E-state index is 6.34. The van der Waals surface area contributed by atoms with Gasteiger partial charge in [0.25, 0.3) is 0 Å². The average molecular weight is 312 g/mol. The van der Waals surface area contributed by atoms with Gasteiger partial charge < -0.3 is 5.32 Å². The summed E-state index contributed by atoms with van der Waals surface area (Å²) in [6.07, 6.45) is 6.90. The first kappa shape index (κ1) is 14.7. The van der Waals surface area contributed by atoms with Gasteiger partial charge in [-0.3, -0.25) is 0 Å². The fraction of sp³-hybridized carbons (Fsp3) is 0.647. The topological polar surface area (TPSA) is 12.0 Å². The fourth-order valence-corrected chi connectivity index (χ4v) is 4.72. The number of hydrogen-bond acceptors (Lipinski definition) is 1. The molecule has 1 N–H and O–H groups in total. The second-order valence-electron chi connectivity index (χ2n) is 6.47. The van der Waals surface area contributed by atoms with Gasteiger partial charge in [-0.1, -0.05) is 42.6 Å². The molecule has 4 atom stereocenters. The summed E-state index contributed by atoms with van der Waals surface area (Å²) in [5.74, 6) is 2.88. The van der Waals surface area contributed by atoms with E-state index in [0.717, 1.165) is 35.7 Å². The summed E-state index contributed by atoms with van der Waals surface area (Å²) >= 11 is 12.3. The molecule has 2 aliphatic rings. The number of fused-ring (bicyclic) bond motifs is 2. The highest BCUT2D eigenvalue weighted by Crippen LogP contribution is 2.48. The van der Waals surface area contributed by atoms with E-state index in [-0.39, 0.29) is 0 Å². The Morgan fingerprint density at radius 2 is 2.10 bits per heavy atom. The SMILES string of the molecule is CCC(NCC1CC2CCC1C2)c1ccc(Cl)cc1Cl. The molecule has 0 spiro atoms. The average Bonchev–Trinajstić information content (AvgIpc) is 3.03. The zero-order valence-corrected chi connectivity index (χ0v) is 13.6. The second kappa shape index (κ2) is 6.25. The molecule has 1 aromatic carbocycles. The normalized spacial score (nSPS) is 29.9. The van der Waals surface area contributed by atoms with Crippen LogP contribution >= 0.6 is 23.2 Å². The Morgan fingerprint density at radius 3 is 2.70 bits per heavy atom. The third-order valence-electron chi connectivity index (χ3n) is 5.26. The quantitative estimate of drug-likeness (QED) is 0.760. The van der Waals surface area contributed by atoms with Crippen molar-refractivity contribution in [3.63, 3.8) is 0 Å². The molecule has 0 saturated heterocycles. The Hall–Kier alpha value is -0.240. The van der Waals surface area contributed by atoms with E-state index in [1.165, 1.54) is 31.2 Å². The number of halogens is 2. The minimum absolute atomic E-state index is 0.346. The predicted octanol–water partition coefficient (Wildman–Crippen LogP) is 5.47. The Bertz CT molecular complexity index is 474. The summed E-state index contributed by atoms with van der Waals surface area (Å²) in [5.41, 5.74) is 1.18. The highest BCUT2D eigenvalue weighted by atomic mass is 35.5. The van der Waals surface area contributed by atoms with Crippen LogP contribution in [0.1, 0.15) is 50.6 Å². The Morgan fingerprint density at radius 1 is 1.25 bits per heavy atom. The molecule has 0 aromatic heterocycles. The lowest BCUT2D eigenvalue weighted by molar-refractivity contribution is 0.304. The first-order chi connectivity index (χ1) is 9.67. The van der Waals surface area contributed by atoms with E-state index >= 15 is 0 Å². The van der Waals surface area contributed by atoms with Gasteiger partial charge in [0.2, 0.25) is 0 Å². The van der Waals surface area contributed by atoms with E-state index in [1.54, 1.807) is 0 Å². The summed E-state index contributed by atoms with van der Waals surface area (Å²) in [7, 11) is 0. The molecule has 2 bridgehead atoms. The van der Waals surface area contributed by atoms with Gasteiger partial charge in [-0.05, 0) is 67.7 Å². The molecule has 2 fully saturated rings. The molecule has 0 amide bonds. The van der Waals surface area contributed by atoms with Crippen molar-refractivity contribution in [1.29, 1.82) is 0 Å². The highest BCUT2D eigenvalue weighted by Gasteiger charge is 2.39. The molecule has 0 radical (unpaired) electrons. The van der Waals surface area contributed by atoms with Gasteiger partial charge in [-0.2, -0.15) is 0 Å². The molecule has 20 heavy (non-hydrogen) atoms. The summed E-state index contributed by atoms with van der Waals surface area (Å²) in [6, 6.07) is 6.19. The van der Waals surface area contributed by atoms with E-state index in [2.05, 4.69) is 18.3 Å². The van der Waals surface area contributed by atoms with E-state index in [9.17, 15) is 0 Å². The van der Waals surface area contributed by atoms with E-state index in [1.807, 2.05) is 12.1 Å². The van der Waals surface area contributed by atoms with E-state index < -0.39 is 0 Å². The Kier molecular flexibility index (Phi) is 4.59. The van der Waals surface area contributed by atoms with Crippen molar-refractivity contribution >= 4 is 23.2 Å². The van der Waals surface area contributed by atoms with Gasteiger partial charge in [0.15, 0.2) is 0 Å². The molecule has 2 saturated carbocycles. The van der Waals surface area contributed by atoms with Crippen LogP contribution in [0.3, 0.4) is 0 Å². The number of nitrogens with one attached hydrogen (secondary N) is 1. The van der Waals surface area contributed by atoms with E-state index in [0.29, 0.717) is 11.1 Å². The van der Waals surface area contributed by atoms with Gasteiger partial charge in [-0.15, -0.1) is 0 Å².